The molecule has 1 aromatic heterocycles. The third kappa shape index (κ3) is 3.75. The molecule has 0 bridgehead atoms. The van der Waals surface area contributed by atoms with Crippen molar-refractivity contribution < 1.29 is 9.90 Å². The molecular formula is C22H17BrN2O3S. The number of aliphatic imine (C=N–C) groups is 1. The number of para-hydroxylation sites is 1. The van der Waals surface area contributed by atoms with E-state index in [-0.39, 0.29) is 23.1 Å². The lowest BCUT2D eigenvalue weighted by molar-refractivity contribution is 0.0968. The minimum atomic E-state index is -0.378. The summed E-state index contributed by atoms with van der Waals surface area (Å²) >= 11 is 4.24. The van der Waals surface area contributed by atoms with Crippen LogP contribution in [0.15, 0.2) is 56.7 Å². The Morgan fingerprint density at radius 1 is 1.24 bits per heavy atom. The normalized spacial score (nSPS) is 13.8. The summed E-state index contributed by atoms with van der Waals surface area (Å²) in [5.41, 5.74) is 4.37. The van der Waals surface area contributed by atoms with Crippen molar-refractivity contribution in [2.24, 2.45) is 4.99 Å². The second-order valence-corrected chi connectivity index (χ2v) is 8.51. The Bertz CT molecular complexity index is 1220. The minimum Gasteiger partial charge on any atom is -0.493 e. The SMILES string of the molecule is CCc1cccc2c1N=CC2=Cc1sc(=O)n(CC(=O)c2ccc(Br)cc2)c1O. The van der Waals surface area contributed by atoms with E-state index in [4.69, 9.17) is 0 Å². The van der Waals surface area contributed by atoms with Gasteiger partial charge >= 0.3 is 4.87 Å². The van der Waals surface area contributed by atoms with E-state index in [1.165, 1.54) is 0 Å². The van der Waals surface area contributed by atoms with Crippen molar-refractivity contribution in [2.75, 3.05) is 0 Å². The summed E-state index contributed by atoms with van der Waals surface area (Å²) in [5, 5.41) is 10.6. The van der Waals surface area contributed by atoms with Crippen molar-refractivity contribution >= 4 is 56.6 Å². The Labute approximate surface area is 179 Å². The van der Waals surface area contributed by atoms with E-state index in [0.29, 0.717) is 10.4 Å². The Morgan fingerprint density at radius 2 is 2.00 bits per heavy atom. The van der Waals surface area contributed by atoms with E-state index in [1.807, 2.05) is 18.2 Å². The molecule has 0 unspecified atom stereocenters. The molecule has 0 spiro atoms. The number of ketones is 1. The van der Waals surface area contributed by atoms with Crippen LogP contribution in [0, 0.1) is 0 Å². The summed E-state index contributed by atoms with van der Waals surface area (Å²) < 4.78 is 1.97. The van der Waals surface area contributed by atoms with Gasteiger partial charge in [0.2, 0.25) is 5.88 Å². The largest absolute Gasteiger partial charge is 0.493 e. The number of aromatic nitrogens is 1. The predicted octanol–water partition coefficient (Wildman–Crippen LogP) is 5.08. The molecule has 1 N–H and O–H groups in total. The second kappa shape index (κ2) is 7.93. The smallest absolute Gasteiger partial charge is 0.311 e. The molecule has 0 atom stereocenters. The van der Waals surface area contributed by atoms with Gasteiger partial charge in [-0.15, -0.1) is 0 Å². The molecule has 1 aliphatic heterocycles. The lowest BCUT2D eigenvalue weighted by atomic mass is 10.0. The summed E-state index contributed by atoms with van der Waals surface area (Å²) in [6, 6.07) is 12.9. The number of thiazole rings is 1. The average Bonchev–Trinajstić information content (AvgIpc) is 3.24. The maximum atomic E-state index is 12.5. The van der Waals surface area contributed by atoms with E-state index in [0.717, 1.165) is 49.2 Å². The number of nitrogens with zero attached hydrogens (tertiary/aromatic N) is 2. The van der Waals surface area contributed by atoms with Gasteiger partial charge in [-0.1, -0.05) is 64.5 Å². The number of halogens is 1. The molecule has 1 aliphatic rings. The molecule has 0 aliphatic carbocycles. The average molecular weight is 469 g/mol. The fourth-order valence-corrected chi connectivity index (χ4v) is 4.34. The molecule has 0 saturated heterocycles. The molecule has 29 heavy (non-hydrogen) atoms. The van der Waals surface area contributed by atoms with Crippen LogP contribution in [0.25, 0.3) is 11.6 Å². The van der Waals surface area contributed by atoms with E-state index in [2.05, 4.69) is 27.8 Å². The molecule has 7 heteroatoms. The number of carbonyl (C=O) groups is 1. The third-order valence-corrected chi connectivity index (χ3v) is 6.24. The number of aryl methyl sites for hydroxylation is 1. The first kappa shape index (κ1) is 19.5. The van der Waals surface area contributed by atoms with E-state index >= 15 is 0 Å². The monoisotopic (exact) mass is 468 g/mol. The summed E-state index contributed by atoms with van der Waals surface area (Å²) in [7, 11) is 0. The first-order valence-corrected chi connectivity index (χ1v) is 10.7. The van der Waals surface area contributed by atoms with Crippen molar-refractivity contribution in [3.63, 3.8) is 0 Å². The van der Waals surface area contributed by atoms with Gasteiger partial charge in [0, 0.05) is 27.4 Å². The topological polar surface area (TPSA) is 71.7 Å². The van der Waals surface area contributed by atoms with Gasteiger partial charge in [-0.3, -0.25) is 19.1 Å². The Morgan fingerprint density at radius 3 is 2.72 bits per heavy atom. The second-order valence-electron chi connectivity index (χ2n) is 6.60. The van der Waals surface area contributed by atoms with Crippen molar-refractivity contribution in [1.82, 2.24) is 4.57 Å². The summed E-state index contributed by atoms with van der Waals surface area (Å²) in [6.45, 7) is 1.86. The zero-order valence-corrected chi connectivity index (χ0v) is 18.0. The molecule has 0 fully saturated rings. The standard InChI is InChI=1S/C22H17BrN2O3S/c1-2-13-4-3-5-17-15(11-24-20(13)17)10-19-21(27)25(22(28)29-19)12-18(26)14-6-8-16(23)9-7-14/h3-11,27H,2,12H2,1H3. The Kier molecular flexibility index (Phi) is 5.34. The van der Waals surface area contributed by atoms with Crippen molar-refractivity contribution in [2.45, 2.75) is 19.9 Å². The molecule has 5 nitrogen and oxygen atoms in total. The van der Waals surface area contributed by atoms with Gasteiger partial charge in [0.1, 0.15) is 0 Å². The van der Waals surface area contributed by atoms with Crippen molar-refractivity contribution in [3.8, 4) is 5.88 Å². The number of fused-ring (bicyclic) bond motifs is 1. The van der Waals surface area contributed by atoms with E-state index in [1.54, 1.807) is 36.6 Å². The van der Waals surface area contributed by atoms with Gasteiger partial charge in [-0.2, -0.15) is 0 Å². The molecule has 3 aromatic rings. The highest BCUT2D eigenvalue weighted by atomic mass is 79.9. The molecule has 2 heterocycles. The zero-order chi connectivity index (χ0) is 20.5. The van der Waals surface area contributed by atoms with Crippen LogP contribution >= 0.6 is 27.3 Å². The number of hydrogen-bond acceptors (Lipinski definition) is 5. The van der Waals surface area contributed by atoms with Gasteiger partial charge in [0.15, 0.2) is 5.78 Å². The van der Waals surface area contributed by atoms with Crippen LogP contribution in [0.3, 0.4) is 0 Å². The molecule has 2 aromatic carbocycles. The third-order valence-electron chi connectivity index (χ3n) is 4.79. The van der Waals surface area contributed by atoms with E-state index in [9.17, 15) is 14.7 Å². The van der Waals surface area contributed by atoms with Crippen LogP contribution in [-0.4, -0.2) is 21.7 Å². The maximum Gasteiger partial charge on any atom is 0.311 e. The predicted molar refractivity (Wildman–Crippen MR) is 121 cm³/mol. The fourth-order valence-electron chi connectivity index (χ4n) is 3.24. The molecule has 0 amide bonds. The van der Waals surface area contributed by atoms with Crippen LogP contribution < -0.4 is 4.87 Å². The molecule has 0 saturated carbocycles. The summed E-state index contributed by atoms with van der Waals surface area (Å²) in [6.07, 6.45) is 4.36. The lowest BCUT2D eigenvalue weighted by Gasteiger charge is -2.05. The maximum absolute atomic E-state index is 12.5. The number of aromatic hydroxyl groups is 1. The van der Waals surface area contributed by atoms with Crippen LogP contribution in [0.4, 0.5) is 5.69 Å². The Hall–Kier alpha value is -2.77. The van der Waals surface area contributed by atoms with Crippen LogP contribution in [0.1, 0.15) is 33.3 Å². The fraction of sp³-hybridized carbons (Fsp3) is 0.136. The quantitative estimate of drug-likeness (QED) is 0.530. The van der Waals surface area contributed by atoms with E-state index < -0.39 is 0 Å². The zero-order valence-electron chi connectivity index (χ0n) is 15.6. The molecule has 146 valence electrons. The van der Waals surface area contributed by atoms with Gasteiger partial charge < -0.3 is 5.11 Å². The highest BCUT2D eigenvalue weighted by molar-refractivity contribution is 9.10. The van der Waals surface area contributed by atoms with Crippen LogP contribution in [-0.2, 0) is 13.0 Å². The molecule has 4 rings (SSSR count). The number of Topliss-reactive ketones (excluding diaryl/α,β-unsaturated/α-hetero) is 1. The van der Waals surface area contributed by atoms with Crippen LogP contribution in [0.5, 0.6) is 5.88 Å². The minimum absolute atomic E-state index is 0.202. The number of benzene rings is 2. The van der Waals surface area contributed by atoms with Crippen molar-refractivity contribution in [1.29, 1.82) is 0 Å². The van der Waals surface area contributed by atoms with Crippen LogP contribution in [0.2, 0.25) is 0 Å². The summed E-state index contributed by atoms with van der Waals surface area (Å²) in [4.78, 5) is 29.4. The number of rotatable bonds is 5. The van der Waals surface area contributed by atoms with Crippen molar-refractivity contribution in [3.05, 3.63) is 78.2 Å². The number of carbonyl (C=O) groups excluding carboxylic acids is 1. The molecular weight excluding hydrogens is 452 g/mol. The first-order chi connectivity index (χ1) is 14.0. The molecule has 0 radical (unpaired) electrons. The highest BCUT2D eigenvalue weighted by Gasteiger charge is 2.19. The van der Waals surface area contributed by atoms with Gasteiger partial charge in [0.05, 0.1) is 17.1 Å². The first-order valence-electron chi connectivity index (χ1n) is 9.07. The highest BCUT2D eigenvalue weighted by Crippen LogP contribution is 2.37. The van der Waals surface area contributed by atoms with Gasteiger partial charge in [0.25, 0.3) is 0 Å². The summed E-state index contributed by atoms with van der Waals surface area (Å²) in [5.74, 6) is -0.446. The Balaban J connectivity index is 1.65. The number of hydrogen-bond donors (Lipinski definition) is 1. The van der Waals surface area contributed by atoms with Gasteiger partial charge in [-0.05, 0) is 30.2 Å². The van der Waals surface area contributed by atoms with Gasteiger partial charge in [-0.25, -0.2) is 0 Å². The number of allylic oxidation sites excluding steroid dienone is 1. The lowest BCUT2D eigenvalue weighted by Crippen LogP contribution is -2.19.